The molecule has 1 aromatic carbocycles. The molecule has 2 N–H and O–H groups in total. The van der Waals surface area contributed by atoms with Crippen LogP contribution in [0.5, 0.6) is 0 Å². The Labute approximate surface area is 134 Å². The molecule has 0 unspecified atom stereocenters. The standard InChI is InChI=1S/C16H21FN2O4/c1-10(2)9-19(7-6-15(21)22)16(23)12-4-5-13(17)14(8-12)18-11(3)20/h4-5,8,10H,6-7,9H2,1-3H3,(H,18,20)(H,21,22). The highest BCUT2D eigenvalue weighted by Crippen LogP contribution is 2.18. The topological polar surface area (TPSA) is 86.7 Å². The van der Waals surface area contributed by atoms with Crippen molar-refractivity contribution >= 4 is 23.5 Å². The van der Waals surface area contributed by atoms with E-state index < -0.39 is 23.6 Å². The minimum absolute atomic E-state index is 0.0686. The molecule has 0 saturated heterocycles. The fourth-order valence-corrected chi connectivity index (χ4v) is 2.07. The Kier molecular flexibility index (Phi) is 6.68. The van der Waals surface area contributed by atoms with Gasteiger partial charge in [-0.1, -0.05) is 13.8 Å². The Morgan fingerprint density at radius 2 is 1.96 bits per heavy atom. The van der Waals surface area contributed by atoms with Gasteiger partial charge < -0.3 is 15.3 Å². The number of hydrogen-bond acceptors (Lipinski definition) is 3. The maximum atomic E-state index is 13.6. The van der Waals surface area contributed by atoms with Crippen LogP contribution in [0.3, 0.4) is 0 Å². The first-order chi connectivity index (χ1) is 10.7. The molecule has 6 nitrogen and oxygen atoms in total. The summed E-state index contributed by atoms with van der Waals surface area (Å²) in [6, 6.07) is 3.67. The molecule has 0 aliphatic rings. The van der Waals surface area contributed by atoms with Crippen LogP contribution in [0.4, 0.5) is 10.1 Å². The molecule has 0 bridgehead atoms. The number of nitrogens with one attached hydrogen (secondary N) is 1. The minimum atomic E-state index is -0.996. The van der Waals surface area contributed by atoms with Crippen LogP contribution in [0.25, 0.3) is 0 Å². The van der Waals surface area contributed by atoms with Gasteiger partial charge in [-0.3, -0.25) is 14.4 Å². The van der Waals surface area contributed by atoms with Gasteiger partial charge in [-0.25, -0.2) is 4.39 Å². The third-order valence-corrected chi connectivity index (χ3v) is 2.99. The Morgan fingerprint density at radius 3 is 2.48 bits per heavy atom. The molecule has 1 rings (SSSR count). The SMILES string of the molecule is CC(=O)Nc1cc(C(=O)N(CCC(=O)O)CC(C)C)ccc1F. The number of aliphatic carboxylic acids is 1. The monoisotopic (exact) mass is 324 g/mol. The lowest BCUT2D eigenvalue weighted by molar-refractivity contribution is -0.137. The van der Waals surface area contributed by atoms with Gasteiger partial charge in [-0.15, -0.1) is 0 Å². The molecule has 23 heavy (non-hydrogen) atoms. The summed E-state index contributed by atoms with van der Waals surface area (Å²) >= 11 is 0. The molecule has 0 aliphatic carbocycles. The zero-order chi connectivity index (χ0) is 17.6. The fourth-order valence-electron chi connectivity index (χ4n) is 2.07. The van der Waals surface area contributed by atoms with E-state index in [-0.39, 0.29) is 30.1 Å². The molecule has 7 heteroatoms. The zero-order valence-electron chi connectivity index (χ0n) is 13.4. The van der Waals surface area contributed by atoms with Crippen LogP contribution in [0.1, 0.15) is 37.6 Å². The van der Waals surface area contributed by atoms with E-state index in [0.29, 0.717) is 6.54 Å². The summed E-state index contributed by atoms with van der Waals surface area (Å²) in [5.74, 6) is -2.32. The number of nitrogens with zero attached hydrogens (tertiary/aromatic N) is 1. The van der Waals surface area contributed by atoms with Crippen LogP contribution < -0.4 is 5.32 Å². The second-order valence-electron chi connectivity index (χ2n) is 5.66. The predicted octanol–water partition coefficient (Wildman–Crippen LogP) is 2.36. The van der Waals surface area contributed by atoms with E-state index in [1.54, 1.807) is 0 Å². The van der Waals surface area contributed by atoms with Gasteiger partial charge in [0.15, 0.2) is 0 Å². The van der Waals surface area contributed by atoms with Crippen molar-refractivity contribution in [3.05, 3.63) is 29.6 Å². The van der Waals surface area contributed by atoms with E-state index in [4.69, 9.17) is 5.11 Å². The highest BCUT2D eigenvalue weighted by Gasteiger charge is 2.19. The van der Waals surface area contributed by atoms with Crippen LogP contribution in [0.2, 0.25) is 0 Å². The maximum Gasteiger partial charge on any atom is 0.305 e. The first-order valence-electron chi connectivity index (χ1n) is 7.29. The summed E-state index contributed by atoms with van der Waals surface area (Å²) in [5, 5.41) is 11.1. The van der Waals surface area contributed by atoms with Crippen LogP contribution in [-0.2, 0) is 9.59 Å². The number of amides is 2. The zero-order valence-corrected chi connectivity index (χ0v) is 13.4. The average Bonchev–Trinajstić information content (AvgIpc) is 2.44. The quantitative estimate of drug-likeness (QED) is 0.806. The van der Waals surface area contributed by atoms with E-state index in [2.05, 4.69) is 5.32 Å². The Bertz CT molecular complexity index is 602. The van der Waals surface area contributed by atoms with E-state index in [0.717, 1.165) is 6.07 Å². The van der Waals surface area contributed by atoms with Gasteiger partial charge in [0, 0.05) is 25.6 Å². The third-order valence-electron chi connectivity index (χ3n) is 2.99. The molecular weight excluding hydrogens is 303 g/mol. The molecule has 0 aliphatic heterocycles. The number of carboxylic acid groups (broad SMARTS) is 1. The molecule has 1 aromatic rings. The van der Waals surface area contributed by atoms with Crippen molar-refractivity contribution in [3.63, 3.8) is 0 Å². The molecule has 0 heterocycles. The largest absolute Gasteiger partial charge is 0.481 e. The molecule has 0 atom stereocenters. The first-order valence-corrected chi connectivity index (χ1v) is 7.29. The molecule has 0 spiro atoms. The first kappa shape index (κ1) is 18.6. The lowest BCUT2D eigenvalue weighted by Crippen LogP contribution is -2.36. The van der Waals surface area contributed by atoms with Crippen molar-refractivity contribution < 1.29 is 23.9 Å². The third kappa shape index (κ3) is 6.06. The molecule has 0 aromatic heterocycles. The van der Waals surface area contributed by atoms with Crippen molar-refractivity contribution in [2.75, 3.05) is 18.4 Å². The van der Waals surface area contributed by atoms with E-state index >= 15 is 0 Å². The second kappa shape index (κ2) is 8.26. The number of carbonyl (C=O) groups is 3. The molecular formula is C16H21FN2O4. The van der Waals surface area contributed by atoms with E-state index in [9.17, 15) is 18.8 Å². The van der Waals surface area contributed by atoms with Crippen molar-refractivity contribution in [1.29, 1.82) is 0 Å². The summed E-state index contributed by atoms with van der Waals surface area (Å²) in [6.07, 6.45) is -0.168. The van der Waals surface area contributed by atoms with E-state index in [1.807, 2.05) is 13.8 Å². The molecule has 0 fully saturated rings. The van der Waals surface area contributed by atoms with Gasteiger partial charge in [-0.2, -0.15) is 0 Å². The number of benzene rings is 1. The summed E-state index contributed by atoms with van der Waals surface area (Å²) in [7, 11) is 0. The number of halogens is 1. The predicted molar refractivity (Wildman–Crippen MR) is 83.7 cm³/mol. The van der Waals surface area contributed by atoms with Gasteiger partial charge in [0.1, 0.15) is 5.82 Å². The van der Waals surface area contributed by atoms with Gasteiger partial charge in [0.25, 0.3) is 5.91 Å². The van der Waals surface area contributed by atoms with Crippen LogP contribution >= 0.6 is 0 Å². The van der Waals surface area contributed by atoms with E-state index in [1.165, 1.54) is 24.0 Å². The molecule has 0 radical (unpaired) electrons. The lowest BCUT2D eigenvalue weighted by Gasteiger charge is -2.24. The number of anilines is 1. The Balaban J connectivity index is 3.02. The summed E-state index contributed by atoms with van der Waals surface area (Å²) < 4.78 is 13.6. The van der Waals surface area contributed by atoms with Crippen molar-refractivity contribution in [3.8, 4) is 0 Å². The van der Waals surface area contributed by atoms with Gasteiger partial charge >= 0.3 is 5.97 Å². The average molecular weight is 324 g/mol. The molecule has 2 amide bonds. The Morgan fingerprint density at radius 1 is 1.30 bits per heavy atom. The summed E-state index contributed by atoms with van der Waals surface area (Å²) in [6.45, 7) is 5.52. The van der Waals surface area contributed by atoms with Crippen LogP contribution in [0.15, 0.2) is 18.2 Å². The smallest absolute Gasteiger partial charge is 0.305 e. The number of rotatable bonds is 7. The summed E-state index contributed by atoms with van der Waals surface area (Å²) in [4.78, 5) is 35.8. The van der Waals surface area contributed by atoms with Crippen molar-refractivity contribution in [2.45, 2.75) is 27.2 Å². The number of carboxylic acids is 1. The maximum absolute atomic E-state index is 13.6. The molecule has 126 valence electrons. The molecule has 0 saturated carbocycles. The number of carbonyl (C=O) groups excluding carboxylic acids is 2. The highest BCUT2D eigenvalue weighted by molar-refractivity contribution is 5.97. The lowest BCUT2D eigenvalue weighted by atomic mass is 10.1. The van der Waals surface area contributed by atoms with Gasteiger partial charge in [0.05, 0.1) is 12.1 Å². The highest BCUT2D eigenvalue weighted by atomic mass is 19.1. The van der Waals surface area contributed by atoms with Crippen molar-refractivity contribution in [1.82, 2.24) is 4.90 Å². The summed E-state index contributed by atoms with van der Waals surface area (Å²) in [5.41, 5.74) is 0.118. The fraction of sp³-hybridized carbons (Fsp3) is 0.438. The van der Waals surface area contributed by atoms with Gasteiger partial charge in [0.2, 0.25) is 5.91 Å². The second-order valence-corrected chi connectivity index (χ2v) is 5.66. The Hall–Kier alpha value is -2.44. The number of hydrogen-bond donors (Lipinski definition) is 2. The minimum Gasteiger partial charge on any atom is -0.481 e. The van der Waals surface area contributed by atoms with Crippen molar-refractivity contribution in [2.24, 2.45) is 5.92 Å². The normalized spacial score (nSPS) is 10.5. The van der Waals surface area contributed by atoms with Gasteiger partial charge in [-0.05, 0) is 24.1 Å². The van der Waals surface area contributed by atoms with Crippen LogP contribution in [-0.4, -0.2) is 40.9 Å². The van der Waals surface area contributed by atoms with Crippen LogP contribution in [0, 0.1) is 11.7 Å².